The maximum absolute atomic E-state index is 12.6. The van der Waals surface area contributed by atoms with Crippen LogP contribution in [-0.4, -0.2) is 46.6 Å². The van der Waals surface area contributed by atoms with Gasteiger partial charge in [-0.1, -0.05) is 0 Å². The number of aliphatic carboxylic acids is 1. The zero-order chi connectivity index (χ0) is 14.2. The molecule has 1 atom stereocenters. The Kier molecular flexibility index (Phi) is 3.64. The Morgan fingerprint density at radius 1 is 1.42 bits per heavy atom. The van der Waals surface area contributed by atoms with Crippen LogP contribution in [0.25, 0.3) is 0 Å². The van der Waals surface area contributed by atoms with Gasteiger partial charge < -0.3 is 5.11 Å². The fraction of sp³-hybridized carbons (Fsp3) is 0.636. The first kappa shape index (κ1) is 14.0. The lowest BCUT2D eigenvalue weighted by Gasteiger charge is -2.31. The van der Waals surface area contributed by atoms with Crippen molar-refractivity contribution in [2.75, 3.05) is 6.54 Å². The first-order chi connectivity index (χ1) is 8.85. The van der Waals surface area contributed by atoms with Crippen molar-refractivity contribution in [2.45, 2.75) is 44.0 Å². The summed E-state index contributed by atoms with van der Waals surface area (Å²) in [5.74, 6) is -1.10. The number of nitrogens with zero attached hydrogens (tertiary/aromatic N) is 2. The quantitative estimate of drug-likeness (QED) is 0.849. The molecule has 106 valence electrons. The minimum atomic E-state index is -3.82. The van der Waals surface area contributed by atoms with Gasteiger partial charge in [-0.15, -0.1) is 0 Å². The van der Waals surface area contributed by atoms with Gasteiger partial charge in [0.15, 0.2) is 0 Å². The number of carboxylic acid groups (broad SMARTS) is 1. The van der Waals surface area contributed by atoms with Crippen LogP contribution in [0.4, 0.5) is 0 Å². The maximum atomic E-state index is 12.6. The van der Waals surface area contributed by atoms with Gasteiger partial charge in [-0.2, -0.15) is 9.40 Å². The summed E-state index contributed by atoms with van der Waals surface area (Å²) in [5.41, 5.74) is 0.805. The molecule has 0 amide bonds. The standard InChI is InChI=1S/C11H17N3O4S/c1-7-10(8(2)13-12-7)19(17,18)14-6-4-3-5-9(14)11(15)16/h9H,3-6H2,1-2H3,(H,12,13)(H,15,16)/t9-/m0/s1. The van der Waals surface area contributed by atoms with E-state index in [1.54, 1.807) is 13.8 Å². The van der Waals surface area contributed by atoms with Gasteiger partial charge in [0, 0.05) is 6.54 Å². The van der Waals surface area contributed by atoms with Gasteiger partial charge in [0.1, 0.15) is 10.9 Å². The molecule has 8 heteroatoms. The van der Waals surface area contributed by atoms with Crippen molar-refractivity contribution >= 4 is 16.0 Å². The van der Waals surface area contributed by atoms with Crippen LogP contribution >= 0.6 is 0 Å². The molecule has 19 heavy (non-hydrogen) atoms. The molecule has 2 N–H and O–H groups in total. The Morgan fingerprint density at radius 3 is 2.63 bits per heavy atom. The monoisotopic (exact) mass is 287 g/mol. The van der Waals surface area contributed by atoms with E-state index in [0.717, 1.165) is 10.7 Å². The molecule has 7 nitrogen and oxygen atoms in total. The van der Waals surface area contributed by atoms with Crippen LogP contribution in [0.3, 0.4) is 0 Å². The average Bonchev–Trinajstić information content (AvgIpc) is 2.69. The van der Waals surface area contributed by atoms with E-state index in [0.29, 0.717) is 24.2 Å². The Bertz CT molecular complexity index is 574. The molecular formula is C11H17N3O4S. The fourth-order valence-electron chi connectivity index (χ4n) is 2.48. The molecular weight excluding hydrogens is 270 g/mol. The first-order valence-corrected chi connectivity index (χ1v) is 7.56. The SMILES string of the molecule is Cc1n[nH]c(C)c1S(=O)(=O)N1CCCC[C@H]1C(=O)O. The molecule has 0 saturated carbocycles. The Balaban J connectivity index is 2.46. The molecule has 2 rings (SSSR count). The Morgan fingerprint density at radius 2 is 2.11 bits per heavy atom. The summed E-state index contributed by atoms with van der Waals surface area (Å²) in [7, 11) is -3.82. The molecule has 1 aliphatic heterocycles. The summed E-state index contributed by atoms with van der Waals surface area (Å²) < 4.78 is 26.3. The third-order valence-corrected chi connectivity index (χ3v) is 5.54. The number of aromatic nitrogens is 2. The third kappa shape index (κ3) is 2.37. The largest absolute Gasteiger partial charge is 0.480 e. The molecule has 0 bridgehead atoms. The van der Waals surface area contributed by atoms with Crippen LogP contribution in [0.1, 0.15) is 30.7 Å². The highest BCUT2D eigenvalue weighted by atomic mass is 32.2. The van der Waals surface area contributed by atoms with E-state index >= 15 is 0 Å². The van der Waals surface area contributed by atoms with Crippen LogP contribution in [0.2, 0.25) is 0 Å². The highest BCUT2D eigenvalue weighted by Crippen LogP contribution is 2.28. The lowest BCUT2D eigenvalue weighted by atomic mass is 10.1. The van der Waals surface area contributed by atoms with Crippen molar-refractivity contribution < 1.29 is 18.3 Å². The van der Waals surface area contributed by atoms with E-state index < -0.39 is 22.0 Å². The summed E-state index contributed by atoms with van der Waals surface area (Å²) in [6, 6.07) is -0.979. The Hall–Kier alpha value is -1.41. The fourth-order valence-corrected chi connectivity index (χ4v) is 4.46. The minimum Gasteiger partial charge on any atom is -0.480 e. The number of H-pyrrole nitrogens is 1. The molecule has 1 aromatic heterocycles. The second kappa shape index (κ2) is 4.93. The number of hydrogen-bond donors (Lipinski definition) is 2. The summed E-state index contributed by atoms with van der Waals surface area (Å²) in [4.78, 5) is 11.3. The Labute approximate surface area is 111 Å². The van der Waals surface area contributed by atoms with Crippen molar-refractivity contribution in [3.63, 3.8) is 0 Å². The maximum Gasteiger partial charge on any atom is 0.322 e. The summed E-state index contributed by atoms with van der Waals surface area (Å²) >= 11 is 0. The molecule has 0 aliphatic carbocycles. The summed E-state index contributed by atoms with van der Waals surface area (Å²) in [6.45, 7) is 3.45. The molecule has 1 fully saturated rings. The van der Waals surface area contributed by atoms with Gasteiger partial charge in [-0.25, -0.2) is 8.42 Å². The predicted octanol–water partition coefficient (Wildman–Crippen LogP) is 0.654. The number of rotatable bonds is 3. The number of carbonyl (C=O) groups is 1. The molecule has 1 aliphatic rings. The summed E-state index contributed by atoms with van der Waals surface area (Å²) in [6.07, 6.45) is 1.76. The second-order valence-corrected chi connectivity index (χ2v) is 6.56. The third-order valence-electron chi connectivity index (χ3n) is 3.37. The van der Waals surface area contributed by atoms with E-state index in [1.807, 2.05) is 0 Å². The second-order valence-electron chi connectivity index (χ2n) is 4.73. The van der Waals surface area contributed by atoms with Crippen LogP contribution in [0.15, 0.2) is 4.90 Å². The number of nitrogens with one attached hydrogen (secondary N) is 1. The number of piperidine rings is 1. The van der Waals surface area contributed by atoms with Gasteiger partial charge in [-0.3, -0.25) is 9.89 Å². The van der Waals surface area contributed by atoms with E-state index in [-0.39, 0.29) is 11.4 Å². The van der Waals surface area contributed by atoms with Gasteiger partial charge in [0.05, 0.1) is 11.4 Å². The van der Waals surface area contributed by atoms with E-state index in [1.165, 1.54) is 0 Å². The van der Waals surface area contributed by atoms with Crippen LogP contribution in [0.5, 0.6) is 0 Å². The molecule has 2 heterocycles. The number of sulfonamides is 1. The topological polar surface area (TPSA) is 103 Å². The molecule has 0 spiro atoms. The number of aryl methyl sites for hydroxylation is 2. The number of carboxylic acids is 1. The van der Waals surface area contributed by atoms with Crippen molar-refractivity contribution in [1.29, 1.82) is 0 Å². The highest BCUT2D eigenvalue weighted by molar-refractivity contribution is 7.89. The van der Waals surface area contributed by atoms with Crippen molar-refractivity contribution in [3.05, 3.63) is 11.4 Å². The molecule has 1 aromatic rings. The normalized spacial score (nSPS) is 21.5. The predicted molar refractivity (Wildman–Crippen MR) is 67.2 cm³/mol. The average molecular weight is 287 g/mol. The number of hydrogen-bond acceptors (Lipinski definition) is 4. The molecule has 0 aromatic carbocycles. The molecule has 1 saturated heterocycles. The van der Waals surface area contributed by atoms with Crippen molar-refractivity contribution in [3.8, 4) is 0 Å². The molecule has 0 unspecified atom stereocenters. The first-order valence-electron chi connectivity index (χ1n) is 6.12. The van der Waals surface area contributed by atoms with Crippen molar-refractivity contribution in [1.82, 2.24) is 14.5 Å². The zero-order valence-corrected chi connectivity index (χ0v) is 11.7. The van der Waals surface area contributed by atoms with Gasteiger partial charge in [0.25, 0.3) is 0 Å². The molecule has 0 radical (unpaired) electrons. The number of aromatic amines is 1. The lowest BCUT2D eigenvalue weighted by Crippen LogP contribution is -2.48. The smallest absolute Gasteiger partial charge is 0.322 e. The van der Waals surface area contributed by atoms with Crippen LogP contribution in [0, 0.1) is 13.8 Å². The van der Waals surface area contributed by atoms with E-state index in [4.69, 9.17) is 0 Å². The minimum absolute atomic E-state index is 0.0978. The highest BCUT2D eigenvalue weighted by Gasteiger charge is 2.39. The zero-order valence-electron chi connectivity index (χ0n) is 10.9. The van der Waals surface area contributed by atoms with Gasteiger partial charge >= 0.3 is 5.97 Å². The van der Waals surface area contributed by atoms with Gasteiger partial charge in [-0.05, 0) is 33.1 Å². The summed E-state index contributed by atoms with van der Waals surface area (Å²) in [5, 5.41) is 15.7. The van der Waals surface area contributed by atoms with E-state index in [2.05, 4.69) is 10.2 Å². The van der Waals surface area contributed by atoms with Crippen molar-refractivity contribution in [2.24, 2.45) is 0 Å². The van der Waals surface area contributed by atoms with E-state index in [9.17, 15) is 18.3 Å². The van der Waals surface area contributed by atoms with Gasteiger partial charge in [0.2, 0.25) is 10.0 Å². The van der Waals surface area contributed by atoms with Crippen LogP contribution in [-0.2, 0) is 14.8 Å². The lowest BCUT2D eigenvalue weighted by molar-refractivity contribution is -0.142. The van der Waals surface area contributed by atoms with Crippen LogP contribution < -0.4 is 0 Å².